The smallest absolute Gasteiger partial charge is 0.267 e. The average Bonchev–Trinajstić information content (AvgIpc) is 3.05. The molecule has 9 heteroatoms. The van der Waals surface area contributed by atoms with Gasteiger partial charge in [-0.3, -0.25) is 4.79 Å². The van der Waals surface area contributed by atoms with Crippen LogP contribution >= 0.6 is 23.2 Å². The molecule has 122 valence electrons. The molecule has 1 saturated heterocycles. The summed E-state index contributed by atoms with van der Waals surface area (Å²) in [5.41, 5.74) is 1.67. The summed E-state index contributed by atoms with van der Waals surface area (Å²) in [6.07, 6.45) is 0. The molecule has 1 fully saturated rings. The van der Waals surface area contributed by atoms with Crippen LogP contribution in [0.4, 0.5) is 0 Å². The van der Waals surface area contributed by atoms with Crippen LogP contribution in [0.2, 0.25) is 0 Å². The summed E-state index contributed by atoms with van der Waals surface area (Å²) in [5.74, 6) is -0.314. The van der Waals surface area contributed by atoms with Crippen molar-refractivity contribution in [1.29, 1.82) is 0 Å². The molecule has 0 unspecified atom stereocenters. The first-order valence-electron chi connectivity index (χ1n) is 7.24. The minimum atomic E-state index is -1.84. The molecule has 23 heavy (non-hydrogen) atoms. The van der Waals surface area contributed by atoms with Gasteiger partial charge in [0, 0.05) is 26.2 Å². The van der Waals surface area contributed by atoms with Crippen molar-refractivity contribution >= 4 is 29.1 Å². The third-order valence-electron chi connectivity index (χ3n) is 3.77. The zero-order chi connectivity index (χ0) is 16.4. The quantitative estimate of drug-likeness (QED) is 0.833. The van der Waals surface area contributed by atoms with Gasteiger partial charge in [-0.1, -0.05) is 41.4 Å². The monoisotopic (exact) mass is 354 g/mol. The van der Waals surface area contributed by atoms with Crippen LogP contribution in [0.15, 0.2) is 24.3 Å². The summed E-state index contributed by atoms with van der Waals surface area (Å²) < 4.78 is -0.432. The van der Waals surface area contributed by atoms with E-state index in [0.29, 0.717) is 26.2 Å². The number of halogens is 2. The maximum absolute atomic E-state index is 12.7. The van der Waals surface area contributed by atoms with E-state index in [1.54, 1.807) is 4.90 Å². The fraction of sp³-hybridized carbons (Fsp3) is 0.429. The largest absolute Gasteiger partial charge is 0.337 e. The molecule has 3 rings (SSSR count). The normalized spacial score (nSPS) is 15.7. The second-order valence-electron chi connectivity index (χ2n) is 5.32. The number of aryl methyl sites for hydroxylation is 1. The molecule has 0 atom stereocenters. The maximum atomic E-state index is 12.7. The van der Waals surface area contributed by atoms with Gasteiger partial charge in [-0.2, -0.15) is 4.68 Å². The fourth-order valence-corrected chi connectivity index (χ4v) is 2.98. The van der Waals surface area contributed by atoms with Gasteiger partial charge in [-0.05, 0) is 29.0 Å². The van der Waals surface area contributed by atoms with Gasteiger partial charge in [0.1, 0.15) is 0 Å². The number of rotatable bonds is 3. The van der Waals surface area contributed by atoms with Gasteiger partial charge in [0.15, 0.2) is 0 Å². The van der Waals surface area contributed by atoms with E-state index in [1.165, 1.54) is 4.68 Å². The number of para-hydroxylation sites is 1. The predicted octanol–water partition coefficient (Wildman–Crippen LogP) is 1.03. The van der Waals surface area contributed by atoms with Crippen molar-refractivity contribution in [2.45, 2.75) is 11.3 Å². The van der Waals surface area contributed by atoms with E-state index in [1.807, 2.05) is 31.2 Å². The number of aromatic nitrogens is 4. The molecule has 2 aromatic rings. The van der Waals surface area contributed by atoms with E-state index in [-0.39, 0.29) is 5.82 Å². The van der Waals surface area contributed by atoms with Crippen molar-refractivity contribution in [3.05, 3.63) is 35.7 Å². The van der Waals surface area contributed by atoms with Crippen molar-refractivity contribution in [3.63, 3.8) is 0 Å². The number of carbonyl (C=O) groups is 1. The Bertz CT molecular complexity index is 711. The van der Waals surface area contributed by atoms with Crippen LogP contribution in [0.5, 0.6) is 0 Å². The lowest BCUT2D eigenvalue weighted by Gasteiger charge is -2.31. The number of carbonyl (C=O) groups excluding carboxylic acids is 1. The Morgan fingerprint density at radius 1 is 1.26 bits per heavy atom. The molecule has 0 spiro atoms. The van der Waals surface area contributed by atoms with Crippen molar-refractivity contribution in [2.24, 2.45) is 0 Å². The SMILES string of the molecule is Cc1ccccc1-n1nnnc1C(Cl)(Cl)C(=O)N1CCNCC1. The highest BCUT2D eigenvalue weighted by atomic mass is 35.5. The Labute approximate surface area is 143 Å². The summed E-state index contributed by atoms with van der Waals surface area (Å²) in [6, 6.07) is 7.52. The zero-order valence-electron chi connectivity index (χ0n) is 12.5. The van der Waals surface area contributed by atoms with E-state index in [4.69, 9.17) is 23.2 Å². The van der Waals surface area contributed by atoms with Crippen molar-refractivity contribution in [2.75, 3.05) is 26.2 Å². The maximum Gasteiger partial charge on any atom is 0.267 e. The van der Waals surface area contributed by atoms with Gasteiger partial charge in [0.25, 0.3) is 10.2 Å². The third kappa shape index (κ3) is 3.04. The van der Waals surface area contributed by atoms with Gasteiger partial charge in [-0.15, -0.1) is 5.10 Å². The van der Waals surface area contributed by atoms with Crippen LogP contribution in [0.1, 0.15) is 11.4 Å². The second kappa shape index (κ2) is 6.43. The van der Waals surface area contributed by atoms with Gasteiger partial charge in [-0.25, -0.2) is 0 Å². The first-order valence-corrected chi connectivity index (χ1v) is 8.00. The van der Waals surface area contributed by atoms with Crippen LogP contribution in [-0.2, 0) is 9.13 Å². The Morgan fingerprint density at radius 2 is 1.96 bits per heavy atom. The highest BCUT2D eigenvalue weighted by Gasteiger charge is 2.44. The number of piperazine rings is 1. The van der Waals surface area contributed by atoms with E-state index in [2.05, 4.69) is 20.8 Å². The molecule has 1 aliphatic rings. The molecule has 1 N–H and O–H groups in total. The Kier molecular flexibility index (Phi) is 4.52. The van der Waals surface area contributed by atoms with Gasteiger partial charge >= 0.3 is 0 Å². The minimum Gasteiger partial charge on any atom is -0.337 e. The summed E-state index contributed by atoms with van der Waals surface area (Å²) in [4.78, 5) is 14.3. The number of tetrazole rings is 1. The lowest BCUT2D eigenvalue weighted by Crippen LogP contribution is -2.51. The Balaban J connectivity index is 1.96. The highest BCUT2D eigenvalue weighted by Crippen LogP contribution is 2.35. The molecular weight excluding hydrogens is 339 g/mol. The number of amides is 1. The average molecular weight is 355 g/mol. The molecule has 0 aliphatic carbocycles. The third-order valence-corrected chi connectivity index (χ3v) is 4.43. The summed E-state index contributed by atoms with van der Waals surface area (Å²) in [7, 11) is 0. The number of hydrogen-bond acceptors (Lipinski definition) is 5. The van der Waals surface area contributed by atoms with Crippen LogP contribution in [0, 0.1) is 6.92 Å². The van der Waals surface area contributed by atoms with E-state index < -0.39 is 10.2 Å². The van der Waals surface area contributed by atoms with Gasteiger partial charge < -0.3 is 10.2 Å². The van der Waals surface area contributed by atoms with Gasteiger partial charge in [0.2, 0.25) is 5.82 Å². The molecule has 1 aromatic carbocycles. The lowest BCUT2D eigenvalue weighted by atomic mass is 10.2. The molecule has 2 heterocycles. The van der Waals surface area contributed by atoms with Crippen molar-refractivity contribution in [1.82, 2.24) is 30.4 Å². The molecule has 0 saturated carbocycles. The highest BCUT2D eigenvalue weighted by molar-refractivity contribution is 6.57. The standard InChI is InChI=1S/C14H16Cl2N6O/c1-10-4-2-3-5-11(10)22-12(18-19-20-22)14(15,16)13(23)21-8-6-17-7-9-21/h2-5,17H,6-9H2,1H3. The molecule has 1 aliphatic heterocycles. The lowest BCUT2D eigenvalue weighted by molar-refractivity contribution is -0.132. The van der Waals surface area contributed by atoms with E-state index in [9.17, 15) is 4.79 Å². The molecular formula is C14H16Cl2N6O. The summed E-state index contributed by atoms with van der Waals surface area (Å²) in [6.45, 7) is 4.43. The number of benzene rings is 1. The summed E-state index contributed by atoms with van der Waals surface area (Å²) >= 11 is 12.8. The zero-order valence-corrected chi connectivity index (χ0v) is 14.0. The second-order valence-corrected chi connectivity index (χ2v) is 6.64. The minimum absolute atomic E-state index is 0.0960. The molecule has 1 aromatic heterocycles. The van der Waals surface area contributed by atoms with Crippen molar-refractivity contribution in [3.8, 4) is 5.69 Å². The topological polar surface area (TPSA) is 75.9 Å². The number of alkyl halides is 2. The van der Waals surface area contributed by atoms with Crippen LogP contribution in [0.3, 0.4) is 0 Å². The van der Waals surface area contributed by atoms with E-state index in [0.717, 1.165) is 11.3 Å². The number of nitrogens with zero attached hydrogens (tertiary/aromatic N) is 5. The number of hydrogen-bond donors (Lipinski definition) is 1. The molecule has 0 radical (unpaired) electrons. The first kappa shape index (κ1) is 16.2. The molecule has 0 bridgehead atoms. The predicted molar refractivity (Wildman–Crippen MR) is 86.7 cm³/mol. The van der Waals surface area contributed by atoms with Crippen LogP contribution in [0.25, 0.3) is 5.69 Å². The Morgan fingerprint density at radius 3 is 2.65 bits per heavy atom. The van der Waals surface area contributed by atoms with Gasteiger partial charge in [0.05, 0.1) is 5.69 Å². The molecule has 1 amide bonds. The van der Waals surface area contributed by atoms with Crippen molar-refractivity contribution < 1.29 is 4.79 Å². The van der Waals surface area contributed by atoms with Crippen LogP contribution < -0.4 is 5.32 Å². The Hall–Kier alpha value is -1.70. The first-order chi connectivity index (χ1) is 11.0. The van der Waals surface area contributed by atoms with E-state index >= 15 is 0 Å². The summed E-state index contributed by atoms with van der Waals surface area (Å²) in [5, 5.41) is 14.7. The van der Waals surface area contributed by atoms with Crippen LogP contribution in [-0.4, -0.2) is 57.2 Å². The fourth-order valence-electron chi connectivity index (χ4n) is 2.51. The number of nitrogens with one attached hydrogen (secondary N) is 1. The molecule has 7 nitrogen and oxygen atoms in total.